The lowest BCUT2D eigenvalue weighted by Gasteiger charge is -2.03. The number of nitrogens with one attached hydrogen (secondary N) is 2. The maximum atomic E-state index is 11.6. The topological polar surface area (TPSA) is 83.8 Å². The van der Waals surface area contributed by atoms with Crippen molar-refractivity contribution in [2.45, 2.75) is 58.3 Å². The van der Waals surface area contributed by atoms with Gasteiger partial charge in [-0.15, -0.1) is 0 Å². The first-order valence-electron chi connectivity index (χ1n) is 7.33. The second-order valence-electron chi connectivity index (χ2n) is 4.94. The van der Waals surface area contributed by atoms with Crippen molar-refractivity contribution in [1.29, 1.82) is 0 Å². The van der Waals surface area contributed by atoms with Crippen LogP contribution in [0.4, 0.5) is 5.82 Å². The van der Waals surface area contributed by atoms with Crippen molar-refractivity contribution in [3.05, 3.63) is 11.8 Å². The highest BCUT2D eigenvalue weighted by molar-refractivity contribution is 5.92. The number of carbonyl (C=O) groups excluding carboxylic acids is 1. The molecule has 1 aromatic rings. The van der Waals surface area contributed by atoms with Gasteiger partial charge in [0.05, 0.1) is 0 Å². The average molecular weight is 266 g/mol. The Labute approximate surface area is 115 Å². The fourth-order valence-electron chi connectivity index (χ4n) is 2.01. The van der Waals surface area contributed by atoms with Gasteiger partial charge < -0.3 is 11.1 Å². The quantitative estimate of drug-likeness (QED) is 0.569. The molecule has 0 bridgehead atoms. The van der Waals surface area contributed by atoms with Gasteiger partial charge in [0.15, 0.2) is 0 Å². The maximum Gasteiger partial charge on any atom is 0.269 e. The van der Waals surface area contributed by atoms with Gasteiger partial charge in [-0.25, -0.2) is 0 Å². The number of nitrogens with zero attached hydrogens (tertiary/aromatic N) is 1. The van der Waals surface area contributed by atoms with Crippen LogP contribution in [0.15, 0.2) is 6.07 Å². The van der Waals surface area contributed by atoms with Crippen molar-refractivity contribution in [3.8, 4) is 0 Å². The van der Waals surface area contributed by atoms with Crippen molar-refractivity contribution in [3.63, 3.8) is 0 Å². The summed E-state index contributed by atoms with van der Waals surface area (Å²) in [5.41, 5.74) is 5.87. The molecular weight excluding hydrogens is 240 g/mol. The smallest absolute Gasteiger partial charge is 0.269 e. The van der Waals surface area contributed by atoms with Crippen molar-refractivity contribution >= 4 is 11.7 Å². The summed E-state index contributed by atoms with van der Waals surface area (Å²) in [5.74, 6) is 0.212. The van der Waals surface area contributed by atoms with E-state index < -0.39 is 0 Å². The van der Waals surface area contributed by atoms with Gasteiger partial charge in [-0.1, -0.05) is 51.9 Å². The number of rotatable bonds is 10. The summed E-state index contributed by atoms with van der Waals surface area (Å²) in [5, 5.41) is 9.18. The van der Waals surface area contributed by atoms with E-state index in [1.807, 2.05) is 0 Å². The highest BCUT2D eigenvalue weighted by Gasteiger charge is 2.07. The number of nitrogen functional groups attached to an aromatic ring is 1. The Morgan fingerprint density at radius 1 is 1.21 bits per heavy atom. The number of unbranched alkanes of at least 4 members (excludes halogenated alkanes) is 7. The van der Waals surface area contributed by atoms with Gasteiger partial charge in [-0.3, -0.25) is 9.89 Å². The predicted octanol–water partition coefficient (Wildman–Crippen LogP) is 2.86. The third-order valence-electron chi connectivity index (χ3n) is 3.16. The van der Waals surface area contributed by atoms with Crippen LogP contribution in [0.2, 0.25) is 0 Å². The zero-order chi connectivity index (χ0) is 13.9. The fourth-order valence-corrected chi connectivity index (χ4v) is 2.01. The van der Waals surface area contributed by atoms with E-state index in [1.54, 1.807) is 6.07 Å². The standard InChI is InChI=1S/C14H26N4O/c1-2-3-4-5-6-7-8-9-10-16-14(19)12-11-13(15)18-17-12/h11H,2-10H2,1H3,(H,16,19)(H3,15,17,18). The van der Waals surface area contributed by atoms with E-state index in [0.29, 0.717) is 18.1 Å². The minimum absolute atomic E-state index is 0.132. The summed E-state index contributed by atoms with van der Waals surface area (Å²) in [6, 6.07) is 1.54. The Morgan fingerprint density at radius 2 is 1.84 bits per heavy atom. The van der Waals surface area contributed by atoms with E-state index in [2.05, 4.69) is 22.4 Å². The molecule has 0 saturated heterocycles. The molecule has 19 heavy (non-hydrogen) atoms. The lowest BCUT2D eigenvalue weighted by Crippen LogP contribution is -2.24. The van der Waals surface area contributed by atoms with Crippen LogP contribution in [-0.4, -0.2) is 22.6 Å². The van der Waals surface area contributed by atoms with E-state index in [0.717, 1.165) is 6.42 Å². The van der Waals surface area contributed by atoms with Crippen LogP contribution in [0, 0.1) is 0 Å². The highest BCUT2D eigenvalue weighted by atomic mass is 16.1. The largest absolute Gasteiger partial charge is 0.382 e. The second-order valence-corrected chi connectivity index (χ2v) is 4.94. The maximum absolute atomic E-state index is 11.6. The fraction of sp³-hybridized carbons (Fsp3) is 0.714. The zero-order valence-corrected chi connectivity index (χ0v) is 11.9. The molecule has 0 aromatic carbocycles. The predicted molar refractivity (Wildman–Crippen MR) is 77.9 cm³/mol. The van der Waals surface area contributed by atoms with E-state index in [9.17, 15) is 4.79 Å². The summed E-state index contributed by atoms with van der Waals surface area (Å²) in [7, 11) is 0. The Morgan fingerprint density at radius 3 is 2.42 bits per heavy atom. The molecule has 0 unspecified atom stereocenters. The van der Waals surface area contributed by atoms with Crippen molar-refractivity contribution in [2.24, 2.45) is 0 Å². The molecule has 1 aromatic heterocycles. The van der Waals surface area contributed by atoms with Crippen molar-refractivity contribution in [1.82, 2.24) is 15.5 Å². The first-order chi connectivity index (χ1) is 9.24. The second kappa shape index (κ2) is 9.42. The van der Waals surface area contributed by atoms with Gasteiger partial charge in [-0.2, -0.15) is 5.10 Å². The number of H-pyrrole nitrogens is 1. The molecule has 0 aliphatic heterocycles. The van der Waals surface area contributed by atoms with Crippen LogP contribution in [-0.2, 0) is 0 Å². The van der Waals surface area contributed by atoms with E-state index in [4.69, 9.17) is 5.73 Å². The Hall–Kier alpha value is -1.52. The molecule has 0 radical (unpaired) electrons. The summed E-state index contributed by atoms with van der Waals surface area (Å²) in [6.45, 7) is 2.95. The normalized spacial score (nSPS) is 10.6. The van der Waals surface area contributed by atoms with Crippen LogP contribution >= 0.6 is 0 Å². The van der Waals surface area contributed by atoms with Gasteiger partial charge >= 0.3 is 0 Å². The molecule has 108 valence electrons. The van der Waals surface area contributed by atoms with Crippen LogP contribution in [0.1, 0.15) is 68.8 Å². The lowest BCUT2D eigenvalue weighted by molar-refractivity contribution is 0.0948. The lowest BCUT2D eigenvalue weighted by atomic mass is 10.1. The minimum Gasteiger partial charge on any atom is -0.382 e. The zero-order valence-electron chi connectivity index (χ0n) is 11.9. The third-order valence-corrected chi connectivity index (χ3v) is 3.16. The van der Waals surface area contributed by atoms with Gasteiger partial charge in [0.25, 0.3) is 5.91 Å². The van der Waals surface area contributed by atoms with Crippen LogP contribution in [0.5, 0.6) is 0 Å². The number of hydrogen-bond donors (Lipinski definition) is 3. The summed E-state index contributed by atoms with van der Waals surface area (Å²) < 4.78 is 0. The summed E-state index contributed by atoms with van der Waals surface area (Å²) in [6.07, 6.45) is 10.1. The van der Waals surface area contributed by atoms with E-state index in [-0.39, 0.29) is 5.91 Å². The van der Waals surface area contributed by atoms with Gasteiger partial charge in [0.2, 0.25) is 0 Å². The number of amides is 1. The number of nitrogens with two attached hydrogens (primary N) is 1. The van der Waals surface area contributed by atoms with Gasteiger partial charge in [0.1, 0.15) is 11.5 Å². The molecule has 1 heterocycles. The number of anilines is 1. The molecule has 4 N–H and O–H groups in total. The Kier molecular flexibility index (Phi) is 7.70. The molecule has 1 amide bonds. The van der Waals surface area contributed by atoms with Gasteiger partial charge in [0, 0.05) is 12.6 Å². The van der Waals surface area contributed by atoms with Crippen molar-refractivity contribution < 1.29 is 4.79 Å². The number of aromatic amines is 1. The van der Waals surface area contributed by atoms with Crippen LogP contribution in [0.3, 0.4) is 0 Å². The molecule has 5 nitrogen and oxygen atoms in total. The monoisotopic (exact) mass is 266 g/mol. The molecule has 1 rings (SSSR count). The molecule has 0 spiro atoms. The number of carbonyl (C=O) groups is 1. The van der Waals surface area contributed by atoms with Crippen LogP contribution < -0.4 is 11.1 Å². The minimum atomic E-state index is -0.132. The summed E-state index contributed by atoms with van der Waals surface area (Å²) in [4.78, 5) is 11.6. The molecule has 0 atom stereocenters. The Bertz CT molecular complexity index is 362. The number of aromatic nitrogens is 2. The first-order valence-corrected chi connectivity index (χ1v) is 7.33. The molecular formula is C14H26N4O. The van der Waals surface area contributed by atoms with E-state index in [1.165, 1.54) is 44.9 Å². The third kappa shape index (κ3) is 6.84. The highest BCUT2D eigenvalue weighted by Crippen LogP contribution is 2.08. The van der Waals surface area contributed by atoms with Gasteiger partial charge in [-0.05, 0) is 6.42 Å². The SMILES string of the molecule is CCCCCCCCCCNC(=O)c1cc(N)n[nH]1. The summed E-state index contributed by atoms with van der Waals surface area (Å²) >= 11 is 0. The first kappa shape index (κ1) is 15.5. The molecule has 0 saturated carbocycles. The average Bonchev–Trinajstić information content (AvgIpc) is 2.83. The molecule has 0 aliphatic rings. The van der Waals surface area contributed by atoms with Crippen molar-refractivity contribution in [2.75, 3.05) is 12.3 Å². The Balaban J connectivity index is 1.95. The number of hydrogen-bond acceptors (Lipinski definition) is 3. The van der Waals surface area contributed by atoms with E-state index >= 15 is 0 Å². The molecule has 5 heteroatoms. The molecule has 0 fully saturated rings. The molecule has 0 aliphatic carbocycles. The van der Waals surface area contributed by atoms with Crippen LogP contribution in [0.25, 0.3) is 0 Å².